The highest BCUT2D eigenvalue weighted by Gasteiger charge is 2.33. The molecule has 1 N–H and O–H groups in total. The van der Waals surface area contributed by atoms with E-state index in [1.165, 1.54) is 16.4 Å². The van der Waals surface area contributed by atoms with E-state index in [4.69, 9.17) is 5.11 Å². The molecule has 1 aromatic rings. The van der Waals surface area contributed by atoms with Gasteiger partial charge >= 0.3 is 0 Å². The van der Waals surface area contributed by atoms with Crippen molar-refractivity contribution in [3.63, 3.8) is 0 Å². The van der Waals surface area contributed by atoms with Gasteiger partial charge in [0, 0.05) is 35.7 Å². The fourth-order valence-electron chi connectivity index (χ4n) is 2.29. The van der Waals surface area contributed by atoms with Gasteiger partial charge in [0.1, 0.15) is 10.7 Å². The smallest absolute Gasteiger partial charge is 0.246 e. The Kier molecular flexibility index (Phi) is 5.04. The summed E-state index contributed by atoms with van der Waals surface area (Å²) in [7, 11) is -1.98. The number of aliphatic hydroxyl groups excluding tert-OH is 1. The lowest BCUT2D eigenvalue weighted by molar-refractivity contribution is 0.159. The third kappa shape index (κ3) is 3.29. The van der Waals surface area contributed by atoms with E-state index < -0.39 is 27.3 Å². The molecule has 1 heterocycles. The van der Waals surface area contributed by atoms with Gasteiger partial charge in [-0.15, -0.1) is 0 Å². The van der Waals surface area contributed by atoms with Gasteiger partial charge in [-0.25, -0.2) is 12.8 Å². The molecule has 1 fully saturated rings. The molecule has 8 heteroatoms. The predicted octanol–water partition coefficient (Wildman–Crippen LogP) is 1.41. The van der Waals surface area contributed by atoms with Crippen LogP contribution in [-0.4, -0.2) is 55.5 Å². The number of aliphatic hydroxyl groups is 1. The van der Waals surface area contributed by atoms with E-state index in [1.54, 1.807) is 0 Å². The number of hydrogen-bond acceptors (Lipinski definition) is 4. The summed E-state index contributed by atoms with van der Waals surface area (Å²) < 4.78 is 41.3. The molecule has 118 valence electrons. The van der Waals surface area contributed by atoms with Crippen LogP contribution in [0.1, 0.15) is 12.5 Å². The summed E-state index contributed by atoms with van der Waals surface area (Å²) in [5.41, 5.74) is -0.0369. The molecular formula is C13H18BrFN2O3S. The van der Waals surface area contributed by atoms with E-state index in [0.717, 1.165) is 0 Å². The highest BCUT2D eigenvalue weighted by Crippen LogP contribution is 2.27. The molecule has 1 atom stereocenters. The van der Waals surface area contributed by atoms with Gasteiger partial charge in [0.25, 0.3) is 0 Å². The SMILES string of the molecule is CC1CN(S(=O)(=O)c2cc(Br)cc(CO)c2F)CCN1C. The normalized spacial score (nSPS) is 21.7. The monoisotopic (exact) mass is 380 g/mol. The summed E-state index contributed by atoms with van der Waals surface area (Å²) >= 11 is 3.16. The van der Waals surface area contributed by atoms with E-state index in [-0.39, 0.29) is 11.6 Å². The Labute approximate surface area is 132 Å². The van der Waals surface area contributed by atoms with E-state index in [1.807, 2.05) is 14.0 Å². The van der Waals surface area contributed by atoms with Crippen molar-refractivity contribution in [2.24, 2.45) is 0 Å². The van der Waals surface area contributed by atoms with Gasteiger partial charge in [0.05, 0.1) is 6.61 Å². The maximum absolute atomic E-state index is 14.3. The first-order valence-electron chi connectivity index (χ1n) is 6.56. The van der Waals surface area contributed by atoms with E-state index in [2.05, 4.69) is 20.8 Å². The third-order valence-electron chi connectivity index (χ3n) is 3.79. The second kappa shape index (κ2) is 6.29. The molecule has 0 aromatic heterocycles. The van der Waals surface area contributed by atoms with E-state index in [0.29, 0.717) is 24.1 Å². The Morgan fingerprint density at radius 1 is 1.43 bits per heavy atom. The molecule has 1 saturated heterocycles. The molecule has 0 bridgehead atoms. The van der Waals surface area contributed by atoms with Crippen LogP contribution in [0, 0.1) is 5.82 Å². The molecule has 2 rings (SSSR count). The first-order valence-corrected chi connectivity index (χ1v) is 8.80. The minimum atomic E-state index is -3.91. The van der Waals surface area contributed by atoms with Crippen LogP contribution < -0.4 is 0 Å². The fraction of sp³-hybridized carbons (Fsp3) is 0.538. The quantitative estimate of drug-likeness (QED) is 0.860. The maximum Gasteiger partial charge on any atom is 0.246 e. The molecule has 0 aliphatic carbocycles. The molecule has 1 aliphatic heterocycles. The molecule has 1 aliphatic rings. The standard InChI is InChI=1S/C13H18BrFN2O3S/c1-9-7-17(4-3-16(9)2)21(19,20)12-6-11(14)5-10(8-18)13(12)15/h5-6,9,18H,3-4,7-8H2,1-2H3. The van der Waals surface area contributed by atoms with Crippen LogP contribution in [-0.2, 0) is 16.6 Å². The van der Waals surface area contributed by atoms with Gasteiger partial charge in [-0.05, 0) is 26.1 Å². The van der Waals surface area contributed by atoms with E-state index >= 15 is 0 Å². The molecule has 1 unspecified atom stereocenters. The van der Waals surface area contributed by atoms with Crippen LogP contribution in [0.2, 0.25) is 0 Å². The Bertz CT molecular complexity index is 639. The number of halogens is 2. The number of sulfonamides is 1. The lowest BCUT2D eigenvalue weighted by Gasteiger charge is -2.36. The van der Waals surface area contributed by atoms with Crippen molar-refractivity contribution in [3.8, 4) is 0 Å². The number of piperazine rings is 1. The van der Waals surface area contributed by atoms with Gasteiger partial charge in [0.2, 0.25) is 10.0 Å². The van der Waals surface area contributed by atoms with Crippen molar-refractivity contribution in [2.45, 2.75) is 24.5 Å². The summed E-state index contributed by atoms with van der Waals surface area (Å²) in [6.45, 7) is 2.62. The summed E-state index contributed by atoms with van der Waals surface area (Å²) in [5, 5.41) is 9.14. The van der Waals surface area contributed by atoms with Crippen LogP contribution in [0.25, 0.3) is 0 Å². The number of benzene rings is 1. The Morgan fingerprint density at radius 2 is 2.10 bits per heavy atom. The van der Waals surface area contributed by atoms with Gasteiger partial charge in [-0.2, -0.15) is 4.31 Å². The number of hydrogen-bond donors (Lipinski definition) is 1. The molecule has 0 saturated carbocycles. The largest absolute Gasteiger partial charge is 0.392 e. The first-order chi connectivity index (χ1) is 9.77. The lowest BCUT2D eigenvalue weighted by atomic mass is 10.2. The number of nitrogens with zero attached hydrogens (tertiary/aromatic N) is 2. The lowest BCUT2D eigenvalue weighted by Crippen LogP contribution is -2.52. The van der Waals surface area contributed by atoms with Crippen molar-refractivity contribution in [1.29, 1.82) is 0 Å². The fourth-order valence-corrected chi connectivity index (χ4v) is 4.60. The van der Waals surface area contributed by atoms with Crippen molar-refractivity contribution in [3.05, 3.63) is 28.0 Å². The Morgan fingerprint density at radius 3 is 2.67 bits per heavy atom. The van der Waals surface area contributed by atoms with Crippen molar-refractivity contribution >= 4 is 26.0 Å². The summed E-state index contributed by atoms with van der Waals surface area (Å²) in [4.78, 5) is 1.67. The zero-order valence-corrected chi connectivity index (χ0v) is 14.3. The van der Waals surface area contributed by atoms with Crippen molar-refractivity contribution < 1.29 is 17.9 Å². The van der Waals surface area contributed by atoms with Crippen molar-refractivity contribution in [2.75, 3.05) is 26.7 Å². The molecule has 21 heavy (non-hydrogen) atoms. The zero-order valence-electron chi connectivity index (χ0n) is 11.9. The van der Waals surface area contributed by atoms with Gasteiger partial charge in [0.15, 0.2) is 0 Å². The second-order valence-electron chi connectivity index (χ2n) is 5.23. The molecule has 1 aromatic carbocycles. The molecule has 0 radical (unpaired) electrons. The molecule has 5 nitrogen and oxygen atoms in total. The van der Waals surface area contributed by atoms with Crippen LogP contribution in [0.5, 0.6) is 0 Å². The van der Waals surface area contributed by atoms with Crippen molar-refractivity contribution in [1.82, 2.24) is 9.21 Å². The summed E-state index contributed by atoms with van der Waals surface area (Å²) in [5.74, 6) is -0.882. The summed E-state index contributed by atoms with van der Waals surface area (Å²) in [6.07, 6.45) is 0. The van der Waals surface area contributed by atoms with Gasteiger partial charge in [-0.3, -0.25) is 0 Å². The van der Waals surface area contributed by atoms with Gasteiger partial charge in [-0.1, -0.05) is 15.9 Å². The zero-order chi connectivity index (χ0) is 15.8. The average Bonchev–Trinajstić information content (AvgIpc) is 2.43. The third-order valence-corrected chi connectivity index (χ3v) is 6.11. The average molecular weight is 381 g/mol. The van der Waals surface area contributed by atoms with Crippen LogP contribution in [0.3, 0.4) is 0 Å². The minimum Gasteiger partial charge on any atom is -0.392 e. The Hall–Kier alpha value is -0.540. The van der Waals surface area contributed by atoms with Crippen LogP contribution in [0.15, 0.2) is 21.5 Å². The van der Waals surface area contributed by atoms with Crippen LogP contribution in [0.4, 0.5) is 4.39 Å². The molecule has 0 spiro atoms. The summed E-state index contributed by atoms with van der Waals surface area (Å²) in [6, 6.07) is 2.69. The second-order valence-corrected chi connectivity index (χ2v) is 8.05. The van der Waals surface area contributed by atoms with Crippen LogP contribution >= 0.6 is 15.9 Å². The molecule has 0 amide bonds. The highest BCUT2D eigenvalue weighted by molar-refractivity contribution is 9.10. The maximum atomic E-state index is 14.3. The highest BCUT2D eigenvalue weighted by atomic mass is 79.9. The number of rotatable bonds is 3. The first kappa shape index (κ1) is 16.8. The minimum absolute atomic E-state index is 0.0369. The van der Waals surface area contributed by atoms with E-state index in [9.17, 15) is 12.8 Å². The van der Waals surface area contributed by atoms with Gasteiger partial charge < -0.3 is 10.0 Å². The predicted molar refractivity (Wildman–Crippen MR) is 80.9 cm³/mol. The topological polar surface area (TPSA) is 60.9 Å². The number of likely N-dealkylation sites (N-methyl/N-ethyl adjacent to an activating group) is 1. The Balaban J connectivity index is 2.43. The molecular weight excluding hydrogens is 363 g/mol.